The lowest BCUT2D eigenvalue weighted by molar-refractivity contribution is -0.129. The lowest BCUT2D eigenvalue weighted by Gasteiger charge is -2.33. The van der Waals surface area contributed by atoms with Gasteiger partial charge < -0.3 is 20.0 Å². The molecule has 0 bridgehead atoms. The molecule has 1 atom stereocenters. The molecule has 7 nitrogen and oxygen atoms in total. The van der Waals surface area contributed by atoms with E-state index in [0.29, 0.717) is 12.6 Å². The van der Waals surface area contributed by atoms with Gasteiger partial charge in [-0.1, -0.05) is 18.2 Å². The molecule has 1 N–H and O–H groups in total. The van der Waals surface area contributed by atoms with Gasteiger partial charge in [0.25, 0.3) is 0 Å². The van der Waals surface area contributed by atoms with Gasteiger partial charge in [-0.3, -0.25) is 4.79 Å². The second-order valence-electron chi connectivity index (χ2n) is 6.91. The topological polar surface area (TPSA) is 64.6 Å². The second-order valence-corrected chi connectivity index (χ2v) is 6.91. The normalized spacial score (nSPS) is 20.6. The number of aromatic nitrogens is 2. The van der Waals surface area contributed by atoms with Gasteiger partial charge in [0, 0.05) is 51.0 Å². The van der Waals surface area contributed by atoms with E-state index in [9.17, 15) is 4.79 Å². The highest BCUT2D eigenvalue weighted by molar-refractivity contribution is 5.82. The average Bonchev–Trinajstić information content (AvgIpc) is 3.13. The number of carbonyl (C=O) groups is 1. The minimum Gasteiger partial charge on any atom is -0.380 e. The minimum atomic E-state index is 0.129. The first kappa shape index (κ1) is 16.6. The number of anilines is 3. The van der Waals surface area contributed by atoms with Crippen LogP contribution in [0.3, 0.4) is 0 Å². The average molecular weight is 352 g/mol. The summed E-state index contributed by atoms with van der Waals surface area (Å²) in [6, 6.07) is 12.7. The van der Waals surface area contributed by atoms with Gasteiger partial charge in [0.05, 0.1) is 6.54 Å². The van der Waals surface area contributed by atoms with Crippen LogP contribution in [0.1, 0.15) is 6.42 Å². The van der Waals surface area contributed by atoms with Crippen LogP contribution in [0.15, 0.2) is 42.7 Å². The SMILES string of the molecule is CN1CCN(c2cc(N3CCC(Nc4ccccc4)C3)ncn2)CC1=O. The molecule has 4 rings (SSSR count). The molecule has 0 aliphatic carbocycles. The van der Waals surface area contributed by atoms with Crippen molar-refractivity contribution in [1.29, 1.82) is 0 Å². The Morgan fingerprint density at radius 3 is 2.58 bits per heavy atom. The Balaban J connectivity index is 1.42. The van der Waals surface area contributed by atoms with E-state index in [1.54, 1.807) is 11.2 Å². The molecule has 7 heteroatoms. The first-order chi connectivity index (χ1) is 12.7. The molecule has 2 saturated heterocycles. The Bertz CT molecular complexity index is 768. The van der Waals surface area contributed by atoms with Crippen LogP contribution < -0.4 is 15.1 Å². The smallest absolute Gasteiger partial charge is 0.241 e. The van der Waals surface area contributed by atoms with Gasteiger partial charge in [0.1, 0.15) is 18.0 Å². The summed E-state index contributed by atoms with van der Waals surface area (Å²) in [5.74, 6) is 1.89. The molecule has 26 heavy (non-hydrogen) atoms. The lowest BCUT2D eigenvalue weighted by Crippen LogP contribution is -2.48. The van der Waals surface area contributed by atoms with E-state index in [4.69, 9.17) is 0 Å². The summed E-state index contributed by atoms with van der Waals surface area (Å²) in [4.78, 5) is 26.9. The van der Waals surface area contributed by atoms with Gasteiger partial charge in [-0.2, -0.15) is 0 Å². The number of amides is 1. The summed E-state index contributed by atoms with van der Waals surface area (Å²) in [6.07, 6.45) is 2.67. The van der Waals surface area contributed by atoms with E-state index in [1.165, 1.54) is 0 Å². The number of rotatable bonds is 4. The van der Waals surface area contributed by atoms with Gasteiger partial charge in [0.2, 0.25) is 5.91 Å². The summed E-state index contributed by atoms with van der Waals surface area (Å²) in [5.41, 5.74) is 1.15. The fourth-order valence-corrected chi connectivity index (χ4v) is 3.49. The highest BCUT2D eigenvalue weighted by atomic mass is 16.2. The molecule has 2 aromatic rings. The summed E-state index contributed by atoms with van der Waals surface area (Å²) >= 11 is 0. The van der Waals surface area contributed by atoms with E-state index < -0.39 is 0 Å². The van der Waals surface area contributed by atoms with E-state index in [1.807, 2.05) is 36.2 Å². The number of piperazine rings is 1. The molecule has 3 heterocycles. The Morgan fingerprint density at radius 1 is 1.04 bits per heavy atom. The van der Waals surface area contributed by atoms with Gasteiger partial charge in [0.15, 0.2) is 0 Å². The molecule has 2 aliphatic heterocycles. The number of hydrogen-bond acceptors (Lipinski definition) is 6. The molecular weight excluding hydrogens is 328 g/mol. The Morgan fingerprint density at radius 2 is 1.81 bits per heavy atom. The zero-order chi connectivity index (χ0) is 17.9. The third-order valence-electron chi connectivity index (χ3n) is 5.08. The first-order valence-electron chi connectivity index (χ1n) is 9.06. The molecule has 136 valence electrons. The van der Waals surface area contributed by atoms with E-state index in [0.717, 1.165) is 49.9 Å². The number of para-hydroxylation sites is 1. The standard InChI is InChI=1S/C19H24N6O/c1-23-9-10-25(13-19(23)26)18-11-17(20-14-21-18)24-8-7-16(12-24)22-15-5-3-2-4-6-15/h2-6,11,14,16,22H,7-10,12-13H2,1H3. The highest BCUT2D eigenvalue weighted by Gasteiger charge is 2.26. The van der Waals surface area contributed by atoms with Crippen LogP contribution in [-0.4, -0.2) is 66.6 Å². The summed E-state index contributed by atoms with van der Waals surface area (Å²) in [5, 5.41) is 3.58. The molecule has 2 aliphatic rings. The zero-order valence-corrected chi connectivity index (χ0v) is 15.0. The van der Waals surface area contributed by atoms with Crippen LogP contribution in [0.5, 0.6) is 0 Å². The number of nitrogens with zero attached hydrogens (tertiary/aromatic N) is 5. The largest absolute Gasteiger partial charge is 0.380 e. The number of nitrogens with one attached hydrogen (secondary N) is 1. The molecule has 1 aromatic carbocycles. The zero-order valence-electron chi connectivity index (χ0n) is 15.0. The Hall–Kier alpha value is -2.83. The van der Waals surface area contributed by atoms with Crippen LogP contribution in [0.2, 0.25) is 0 Å². The van der Waals surface area contributed by atoms with Crippen molar-refractivity contribution in [3.8, 4) is 0 Å². The molecule has 0 saturated carbocycles. The van der Waals surface area contributed by atoms with Crippen molar-refractivity contribution >= 4 is 23.2 Å². The van der Waals surface area contributed by atoms with Gasteiger partial charge in [-0.05, 0) is 18.6 Å². The van der Waals surface area contributed by atoms with Crippen molar-refractivity contribution in [2.75, 3.05) is 54.9 Å². The van der Waals surface area contributed by atoms with Crippen molar-refractivity contribution in [2.45, 2.75) is 12.5 Å². The molecule has 1 aromatic heterocycles. The minimum absolute atomic E-state index is 0.129. The van der Waals surface area contributed by atoms with Crippen molar-refractivity contribution in [1.82, 2.24) is 14.9 Å². The first-order valence-corrected chi connectivity index (χ1v) is 9.06. The fourth-order valence-electron chi connectivity index (χ4n) is 3.49. The van der Waals surface area contributed by atoms with Crippen molar-refractivity contribution in [3.63, 3.8) is 0 Å². The molecule has 0 radical (unpaired) electrons. The van der Waals surface area contributed by atoms with E-state index >= 15 is 0 Å². The fraction of sp³-hybridized carbons (Fsp3) is 0.421. The molecule has 1 amide bonds. The van der Waals surface area contributed by atoms with Crippen molar-refractivity contribution < 1.29 is 4.79 Å². The summed E-state index contributed by atoms with van der Waals surface area (Å²) in [6.45, 7) is 3.78. The Labute approximate surface area is 153 Å². The Kier molecular flexibility index (Phi) is 4.60. The molecular formula is C19H24N6O. The van der Waals surface area contributed by atoms with Crippen molar-refractivity contribution in [2.24, 2.45) is 0 Å². The summed E-state index contributed by atoms with van der Waals surface area (Å²) < 4.78 is 0. The number of benzene rings is 1. The van der Waals surface area contributed by atoms with Crippen LogP contribution in [-0.2, 0) is 4.79 Å². The maximum absolute atomic E-state index is 12.0. The van der Waals surface area contributed by atoms with Crippen LogP contribution in [0, 0.1) is 0 Å². The quantitative estimate of drug-likeness (QED) is 0.898. The van der Waals surface area contributed by atoms with E-state index in [-0.39, 0.29) is 5.91 Å². The maximum atomic E-state index is 12.0. The lowest BCUT2D eigenvalue weighted by atomic mass is 10.2. The predicted molar refractivity (Wildman–Crippen MR) is 103 cm³/mol. The maximum Gasteiger partial charge on any atom is 0.241 e. The monoisotopic (exact) mass is 352 g/mol. The second kappa shape index (κ2) is 7.19. The third-order valence-corrected chi connectivity index (χ3v) is 5.08. The van der Waals surface area contributed by atoms with Crippen LogP contribution >= 0.6 is 0 Å². The van der Waals surface area contributed by atoms with Gasteiger partial charge in [-0.25, -0.2) is 9.97 Å². The summed E-state index contributed by atoms with van der Waals surface area (Å²) in [7, 11) is 1.84. The van der Waals surface area contributed by atoms with E-state index in [2.05, 4.69) is 32.3 Å². The number of hydrogen-bond donors (Lipinski definition) is 1. The third kappa shape index (κ3) is 3.56. The molecule has 0 spiro atoms. The highest BCUT2D eigenvalue weighted by Crippen LogP contribution is 2.24. The number of carbonyl (C=O) groups excluding carboxylic acids is 1. The van der Waals surface area contributed by atoms with Gasteiger partial charge in [-0.15, -0.1) is 0 Å². The van der Waals surface area contributed by atoms with Crippen LogP contribution in [0.4, 0.5) is 17.3 Å². The van der Waals surface area contributed by atoms with Crippen molar-refractivity contribution in [3.05, 3.63) is 42.7 Å². The van der Waals surface area contributed by atoms with Gasteiger partial charge >= 0.3 is 0 Å². The predicted octanol–water partition coefficient (Wildman–Crippen LogP) is 1.45. The van der Waals surface area contributed by atoms with Crippen LogP contribution in [0.25, 0.3) is 0 Å². The molecule has 2 fully saturated rings. The number of likely N-dealkylation sites (N-methyl/N-ethyl adjacent to an activating group) is 1. The molecule has 1 unspecified atom stereocenters.